The second kappa shape index (κ2) is 9.17. The molecule has 1 aliphatic rings. The molecular weight excluding hydrogens is 356 g/mol. The summed E-state index contributed by atoms with van der Waals surface area (Å²) in [5, 5.41) is 2.80. The molecule has 2 aromatic carbocycles. The van der Waals surface area contributed by atoms with Gasteiger partial charge in [0.05, 0.1) is 12.2 Å². The minimum Gasteiger partial charge on any atom is -0.462 e. The van der Waals surface area contributed by atoms with Gasteiger partial charge in [-0.05, 0) is 61.4 Å². The molecule has 146 valence electrons. The van der Waals surface area contributed by atoms with Gasteiger partial charge >= 0.3 is 5.97 Å². The smallest absolute Gasteiger partial charge is 0.338 e. The Labute approximate surface area is 164 Å². The molecule has 2 aromatic rings. The first-order valence-corrected chi connectivity index (χ1v) is 9.57. The third-order valence-corrected chi connectivity index (χ3v) is 4.62. The van der Waals surface area contributed by atoms with Crippen LogP contribution in [0.5, 0.6) is 0 Å². The summed E-state index contributed by atoms with van der Waals surface area (Å²) in [6, 6.07) is 13.6. The Kier molecular flexibility index (Phi) is 6.42. The van der Waals surface area contributed by atoms with Crippen LogP contribution in [0.2, 0.25) is 0 Å². The maximum Gasteiger partial charge on any atom is 0.338 e. The van der Waals surface area contributed by atoms with Crippen LogP contribution in [0, 0.1) is 0 Å². The molecule has 0 aromatic heterocycles. The van der Waals surface area contributed by atoms with Crippen LogP contribution < -0.4 is 10.2 Å². The molecule has 1 fully saturated rings. The molecule has 0 unspecified atom stereocenters. The number of ether oxygens (including phenoxy) is 1. The van der Waals surface area contributed by atoms with Crippen LogP contribution in [0.4, 0.5) is 11.4 Å². The topological polar surface area (TPSA) is 75.7 Å². The molecule has 6 nitrogen and oxygen atoms in total. The number of anilines is 2. The van der Waals surface area contributed by atoms with Gasteiger partial charge in [-0.25, -0.2) is 4.79 Å². The van der Waals surface area contributed by atoms with Crippen LogP contribution >= 0.6 is 0 Å². The highest BCUT2D eigenvalue weighted by Crippen LogP contribution is 2.22. The van der Waals surface area contributed by atoms with Crippen molar-refractivity contribution < 1.29 is 19.1 Å². The molecule has 1 N–H and O–H groups in total. The maximum absolute atomic E-state index is 12.4. The van der Waals surface area contributed by atoms with E-state index in [1.807, 2.05) is 6.92 Å². The van der Waals surface area contributed by atoms with Crippen molar-refractivity contribution in [3.8, 4) is 0 Å². The maximum atomic E-state index is 12.4. The van der Waals surface area contributed by atoms with Gasteiger partial charge in [0, 0.05) is 29.9 Å². The number of hydrogen-bond donors (Lipinski definition) is 1. The van der Waals surface area contributed by atoms with Gasteiger partial charge in [-0.15, -0.1) is 0 Å². The summed E-state index contributed by atoms with van der Waals surface area (Å²) in [5.41, 5.74) is 2.35. The Morgan fingerprint density at radius 3 is 2.32 bits per heavy atom. The molecule has 28 heavy (non-hydrogen) atoms. The zero-order valence-corrected chi connectivity index (χ0v) is 15.9. The number of amides is 2. The van der Waals surface area contributed by atoms with E-state index in [4.69, 9.17) is 4.74 Å². The largest absolute Gasteiger partial charge is 0.462 e. The molecule has 1 saturated heterocycles. The number of carbonyl (C=O) groups is 3. The second-order valence-corrected chi connectivity index (χ2v) is 6.72. The van der Waals surface area contributed by atoms with Crippen molar-refractivity contribution >= 4 is 29.2 Å². The Bertz CT molecular complexity index is 844. The highest BCUT2D eigenvalue weighted by Gasteiger charge is 2.21. The van der Waals surface area contributed by atoms with Crippen molar-refractivity contribution in [2.24, 2.45) is 0 Å². The van der Waals surface area contributed by atoms with Crippen molar-refractivity contribution in [2.75, 3.05) is 23.4 Å². The van der Waals surface area contributed by atoms with E-state index in [1.165, 1.54) is 0 Å². The lowest BCUT2D eigenvalue weighted by molar-refractivity contribution is -0.117. The van der Waals surface area contributed by atoms with Crippen LogP contribution in [0.1, 0.15) is 53.3 Å². The second-order valence-electron chi connectivity index (χ2n) is 6.72. The summed E-state index contributed by atoms with van der Waals surface area (Å²) < 4.78 is 5.17. The molecule has 0 saturated carbocycles. The molecule has 0 radical (unpaired) electrons. The van der Waals surface area contributed by atoms with Crippen molar-refractivity contribution in [3.05, 3.63) is 59.7 Å². The van der Waals surface area contributed by atoms with Gasteiger partial charge < -0.3 is 15.0 Å². The van der Waals surface area contributed by atoms with Gasteiger partial charge in [0.25, 0.3) is 5.91 Å². The summed E-state index contributed by atoms with van der Waals surface area (Å²) >= 11 is 0. The van der Waals surface area contributed by atoms with Crippen LogP contribution in [0.3, 0.4) is 0 Å². The molecule has 2 amide bonds. The predicted molar refractivity (Wildman–Crippen MR) is 108 cm³/mol. The first-order valence-electron chi connectivity index (χ1n) is 9.57. The van der Waals surface area contributed by atoms with Gasteiger partial charge in [0.15, 0.2) is 0 Å². The van der Waals surface area contributed by atoms with Crippen LogP contribution in [0.25, 0.3) is 0 Å². The summed E-state index contributed by atoms with van der Waals surface area (Å²) in [6.07, 6.45) is 3.24. The summed E-state index contributed by atoms with van der Waals surface area (Å²) in [5.74, 6) is -0.499. The zero-order valence-electron chi connectivity index (χ0n) is 15.9. The van der Waals surface area contributed by atoms with Crippen molar-refractivity contribution in [1.29, 1.82) is 0 Å². The Hall–Kier alpha value is -3.15. The number of rotatable bonds is 7. The zero-order chi connectivity index (χ0) is 19.9. The van der Waals surface area contributed by atoms with Crippen LogP contribution in [0.15, 0.2) is 48.5 Å². The molecule has 6 heteroatoms. The van der Waals surface area contributed by atoms with Crippen molar-refractivity contribution in [1.82, 2.24) is 0 Å². The Morgan fingerprint density at radius 1 is 1.04 bits per heavy atom. The fraction of sp³-hybridized carbons (Fsp3) is 0.318. The van der Waals surface area contributed by atoms with E-state index < -0.39 is 0 Å². The molecular formula is C22H24N2O4. The van der Waals surface area contributed by atoms with E-state index in [1.54, 1.807) is 53.4 Å². The van der Waals surface area contributed by atoms with E-state index in [2.05, 4.69) is 5.32 Å². The fourth-order valence-corrected chi connectivity index (χ4v) is 3.00. The minimum atomic E-state index is -0.363. The normalized spacial score (nSPS) is 13.5. The predicted octanol–water partition coefficient (Wildman–Crippen LogP) is 4.02. The molecule has 0 atom stereocenters. The Morgan fingerprint density at radius 2 is 1.71 bits per heavy atom. The SMILES string of the molecule is CCCCOC(=O)c1ccc(NC(=O)c2ccc(N3CCCC3=O)cc2)cc1. The van der Waals surface area contributed by atoms with Gasteiger partial charge in [-0.3, -0.25) is 9.59 Å². The minimum absolute atomic E-state index is 0.116. The van der Waals surface area contributed by atoms with Gasteiger partial charge in [-0.2, -0.15) is 0 Å². The van der Waals surface area contributed by atoms with E-state index in [9.17, 15) is 14.4 Å². The quantitative estimate of drug-likeness (QED) is 0.581. The van der Waals surface area contributed by atoms with E-state index >= 15 is 0 Å². The van der Waals surface area contributed by atoms with Crippen LogP contribution in [-0.4, -0.2) is 30.9 Å². The number of nitrogens with one attached hydrogen (secondary N) is 1. The number of unbranched alkanes of at least 4 members (excludes halogenated alkanes) is 1. The first kappa shape index (κ1) is 19.6. The number of hydrogen-bond acceptors (Lipinski definition) is 4. The Balaban J connectivity index is 1.58. The molecule has 1 heterocycles. The molecule has 0 bridgehead atoms. The monoisotopic (exact) mass is 380 g/mol. The number of esters is 1. The number of carbonyl (C=O) groups excluding carboxylic acids is 3. The lowest BCUT2D eigenvalue weighted by Crippen LogP contribution is -2.23. The molecule has 3 rings (SSSR count). The van der Waals surface area contributed by atoms with E-state index in [-0.39, 0.29) is 17.8 Å². The summed E-state index contributed by atoms with van der Waals surface area (Å²) in [7, 11) is 0. The lowest BCUT2D eigenvalue weighted by atomic mass is 10.1. The summed E-state index contributed by atoms with van der Waals surface area (Å²) in [4.78, 5) is 37.9. The number of nitrogens with zero attached hydrogens (tertiary/aromatic N) is 1. The van der Waals surface area contributed by atoms with Crippen molar-refractivity contribution in [2.45, 2.75) is 32.6 Å². The van der Waals surface area contributed by atoms with E-state index in [0.29, 0.717) is 29.8 Å². The molecule has 0 aliphatic carbocycles. The third kappa shape index (κ3) is 4.76. The van der Waals surface area contributed by atoms with Gasteiger partial charge in [0.2, 0.25) is 5.91 Å². The van der Waals surface area contributed by atoms with Crippen LogP contribution in [-0.2, 0) is 9.53 Å². The highest BCUT2D eigenvalue weighted by molar-refractivity contribution is 6.05. The van der Waals surface area contributed by atoms with Gasteiger partial charge in [-0.1, -0.05) is 13.3 Å². The average Bonchev–Trinajstić information content (AvgIpc) is 3.14. The molecule has 1 aliphatic heterocycles. The first-order chi connectivity index (χ1) is 13.6. The average molecular weight is 380 g/mol. The van der Waals surface area contributed by atoms with E-state index in [0.717, 1.165) is 31.5 Å². The number of benzene rings is 2. The molecule has 0 spiro atoms. The standard InChI is InChI=1S/C22H24N2O4/c1-2-3-15-28-22(27)17-6-10-18(11-7-17)23-21(26)16-8-12-19(13-9-16)24-14-4-5-20(24)25/h6-13H,2-5,14-15H2,1H3,(H,23,26). The van der Waals surface area contributed by atoms with Crippen molar-refractivity contribution in [3.63, 3.8) is 0 Å². The van der Waals surface area contributed by atoms with Gasteiger partial charge in [0.1, 0.15) is 0 Å². The summed E-state index contributed by atoms with van der Waals surface area (Å²) in [6.45, 7) is 3.16. The third-order valence-electron chi connectivity index (χ3n) is 4.62. The fourth-order valence-electron chi connectivity index (χ4n) is 3.00. The highest BCUT2D eigenvalue weighted by atomic mass is 16.5. The lowest BCUT2D eigenvalue weighted by Gasteiger charge is -2.15.